The van der Waals surface area contributed by atoms with Crippen LogP contribution in [-0.2, 0) is 5.75 Å². The Kier molecular flexibility index (Phi) is 5.16. The minimum absolute atomic E-state index is 0.876. The molecule has 0 bridgehead atoms. The molecule has 0 spiro atoms. The molecule has 0 amide bonds. The molecule has 19 heavy (non-hydrogen) atoms. The van der Waals surface area contributed by atoms with Gasteiger partial charge in [0.25, 0.3) is 0 Å². The molecule has 2 rings (SSSR count). The Morgan fingerprint density at radius 3 is 2.74 bits per heavy atom. The fourth-order valence-electron chi connectivity index (χ4n) is 1.81. The van der Waals surface area contributed by atoms with Crippen molar-refractivity contribution in [3.05, 3.63) is 52.5 Å². The maximum atomic E-state index is 5.40. The van der Waals surface area contributed by atoms with Crippen LogP contribution in [0.3, 0.4) is 0 Å². The van der Waals surface area contributed by atoms with Crippen molar-refractivity contribution in [2.45, 2.75) is 10.6 Å². The van der Waals surface area contributed by atoms with Gasteiger partial charge in [0, 0.05) is 33.4 Å². The summed E-state index contributed by atoms with van der Waals surface area (Å²) in [7, 11) is 3.65. The quantitative estimate of drug-likeness (QED) is 0.792. The van der Waals surface area contributed by atoms with Crippen molar-refractivity contribution in [2.24, 2.45) is 0 Å². The number of halogens is 1. The minimum atomic E-state index is 0.876. The van der Waals surface area contributed by atoms with Gasteiger partial charge in [0.1, 0.15) is 5.75 Å². The molecule has 2 aromatic rings. The number of para-hydroxylation sites is 1. The second-order valence-electron chi connectivity index (χ2n) is 3.99. The van der Waals surface area contributed by atoms with E-state index in [2.05, 4.69) is 45.5 Å². The third-order valence-electron chi connectivity index (χ3n) is 2.78. The van der Waals surface area contributed by atoms with Gasteiger partial charge in [-0.3, -0.25) is 0 Å². The van der Waals surface area contributed by atoms with E-state index in [1.807, 2.05) is 25.2 Å². The molecule has 4 heteroatoms. The SMILES string of the molecule is CNc1ccccc1SCc1cc(Br)ccc1OC. The lowest BCUT2D eigenvalue weighted by molar-refractivity contribution is 0.411. The second kappa shape index (κ2) is 6.87. The Morgan fingerprint density at radius 2 is 2.00 bits per heavy atom. The van der Waals surface area contributed by atoms with E-state index in [0.29, 0.717) is 0 Å². The van der Waals surface area contributed by atoms with Crippen LogP contribution in [0.5, 0.6) is 5.75 Å². The summed E-state index contributed by atoms with van der Waals surface area (Å²) in [6.45, 7) is 0. The lowest BCUT2D eigenvalue weighted by atomic mass is 10.2. The summed E-state index contributed by atoms with van der Waals surface area (Å²) in [6, 6.07) is 14.4. The smallest absolute Gasteiger partial charge is 0.122 e. The van der Waals surface area contributed by atoms with Gasteiger partial charge in [-0.05, 0) is 30.3 Å². The summed E-state index contributed by atoms with van der Waals surface area (Å²) >= 11 is 5.30. The molecule has 0 saturated heterocycles. The summed E-state index contributed by atoms with van der Waals surface area (Å²) in [5.74, 6) is 1.80. The highest BCUT2D eigenvalue weighted by Gasteiger charge is 2.06. The maximum Gasteiger partial charge on any atom is 0.122 e. The molecule has 0 aliphatic rings. The number of hydrogen-bond donors (Lipinski definition) is 1. The van der Waals surface area contributed by atoms with Crippen molar-refractivity contribution in [3.63, 3.8) is 0 Å². The van der Waals surface area contributed by atoms with Crippen LogP contribution in [0.25, 0.3) is 0 Å². The third-order valence-corrected chi connectivity index (χ3v) is 4.40. The van der Waals surface area contributed by atoms with E-state index in [1.54, 1.807) is 18.9 Å². The van der Waals surface area contributed by atoms with E-state index >= 15 is 0 Å². The van der Waals surface area contributed by atoms with E-state index < -0.39 is 0 Å². The monoisotopic (exact) mass is 337 g/mol. The van der Waals surface area contributed by atoms with Crippen molar-refractivity contribution in [3.8, 4) is 5.75 Å². The van der Waals surface area contributed by atoms with Gasteiger partial charge in [0.2, 0.25) is 0 Å². The molecule has 0 heterocycles. The van der Waals surface area contributed by atoms with Gasteiger partial charge in [-0.25, -0.2) is 0 Å². The summed E-state index contributed by atoms with van der Waals surface area (Å²) in [6.07, 6.45) is 0. The Balaban J connectivity index is 2.16. The van der Waals surface area contributed by atoms with Gasteiger partial charge in [-0.1, -0.05) is 28.1 Å². The Hall–Kier alpha value is -1.13. The van der Waals surface area contributed by atoms with E-state index in [0.717, 1.165) is 21.7 Å². The van der Waals surface area contributed by atoms with E-state index in [1.165, 1.54) is 10.5 Å². The zero-order chi connectivity index (χ0) is 13.7. The third kappa shape index (κ3) is 3.67. The largest absolute Gasteiger partial charge is 0.496 e. The molecule has 0 radical (unpaired) electrons. The number of benzene rings is 2. The Morgan fingerprint density at radius 1 is 1.21 bits per heavy atom. The van der Waals surface area contributed by atoms with E-state index in [4.69, 9.17) is 4.74 Å². The first kappa shape index (κ1) is 14.3. The second-order valence-corrected chi connectivity index (χ2v) is 5.92. The van der Waals surface area contributed by atoms with Gasteiger partial charge in [0.15, 0.2) is 0 Å². The molecule has 0 atom stereocenters. The van der Waals surface area contributed by atoms with Crippen LogP contribution in [-0.4, -0.2) is 14.2 Å². The predicted octanol–water partition coefficient (Wildman–Crippen LogP) is 4.79. The highest BCUT2D eigenvalue weighted by atomic mass is 79.9. The fraction of sp³-hybridized carbons (Fsp3) is 0.200. The molecule has 0 aliphatic carbocycles. The van der Waals surface area contributed by atoms with Crippen molar-refractivity contribution >= 4 is 33.4 Å². The lowest BCUT2D eigenvalue weighted by Crippen LogP contribution is -1.92. The van der Waals surface area contributed by atoms with Crippen LogP contribution < -0.4 is 10.1 Å². The van der Waals surface area contributed by atoms with Crippen LogP contribution in [0, 0.1) is 0 Å². The van der Waals surface area contributed by atoms with Crippen LogP contribution in [0.1, 0.15) is 5.56 Å². The number of nitrogens with one attached hydrogen (secondary N) is 1. The van der Waals surface area contributed by atoms with Gasteiger partial charge in [-0.2, -0.15) is 0 Å². The van der Waals surface area contributed by atoms with Gasteiger partial charge in [0.05, 0.1) is 7.11 Å². The minimum Gasteiger partial charge on any atom is -0.496 e. The zero-order valence-corrected chi connectivity index (χ0v) is 13.3. The van der Waals surface area contributed by atoms with Crippen LogP contribution in [0.4, 0.5) is 5.69 Å². The van der Waals surface area contributed by atoms with Crippen molar-refractivity contribution in [1.82, 2.24) is 0 Å². The molecular formula is C15H16BrNOS. The summed E-state index contributed by atoms with van der Waals surface area (Å²) in [5.41, 5.74) is 2.34. The molecule has 100 valence electrons. The predicted molar refractivity (Wildman–Crippen MR) is 86.2 cm³/mol. The van der Waals surface area contributed by atoms with Crippen molar-refractivity contribution in [1.29, 1.82) is 0 Å². The molecule has 0 unspecified atom stereocenters. The van der Waals surface area contributed by atoms with Crippen molar-refractivity contribution < 1.29 is 4.74 Å². The average Bonchev–Trinajstić information content (AvgIpc) is 2.45. The average molecular weight is 338 g/mol. The lowest BCUT2D eigenvalue weighted by Gasteiger charge is -2.11. The summed E-state index contributed by atoms with van der Waals surface area (Å²) in [4.78, 5) is 1.24. The number of hydrogen-bond acceptors (Lipinski definition) is 3. The van der Waals surface area contributed by atoms with E-state index in [9.17, 15) is 0 Å². The molecule has 0 aromatic heterocycles. The number of anilines is 1. The summed E-state index contributed by atoms with van der Waals surface area (Å²) in [5, 5.41) is 3.21. The molecule has 0 fully saturated rings. The molecular weight excluding hydrogens is 322 g/mol. The standard InChI is InChI=1S/C15H16BrNOS/c1-17-13-5-3-4-6-15(13)19-10-11-9-12(16)7-8-14(11)18-2/h3-9,17H,10H2,1-2H3. The number of thioether (sulfide) groups is 1. The fourth-order valence-corrected chi connectivity index (χ4v) is 3.26. The first-order chi connectivity index (χ1) is 9.24. The molecule has 0 aliphatic heterocycles. The first-order valence-corrected chi connectivity index (χ1v) is 7.74. The van der Waals surface area contributed by atoms with Gasteiger partial charge < -0.3 is 10.1 Å². The molecule has 2 nitrogen and oxygen atoms in total. The number of ether oxygens (including phenoxy) is 1. The molecule has 2 aromatic carbocycles. The zero-order valence-electron chi connectivity index (χ0n) is 10.9. The summed E-state index contributed by atoms with van der Waals surface area (Å²) < 4.78 is 6.47. The first-order valence-electron chi connectivity index (χ1n) is 5.96. The van der Waals surface area contributed by atoms with Crippen LogP contribution >= 0.6 is 27.7 Å². The van der Waals surface area contributed by atoms with Crippen LogP contribution in [0.2, 0.25) is 0 Å². The highest BCUT2D eigenvalue weighted by molar-refractivity contribution is 9.10. The maximum absolute atomic E-state index is 5.40. The van der Waals surface area contributed by atoms with E-state index in [-0.39, 0.29) is 0 Å². The van der Waals surface area contributed by atoms with Crippen LogP contribution in [0.15, 0.2) is 51.8 Å². The number of rotatable bonds is 5. The Bertz CT molecular complexity index is 560. The highest BCUT2D eigenvalue weighted by Crippen LogP contribution is 2.33. The normalized spacial score (nSPS) is 10.3. The topological polar surface area (TPSA) is 21.3 Å². The Labute approximate surface area is 126 Å². The number of methoxy groups -OCH3 is 1. The molecule has 1 N–H and O–H groups in total. The molecule has 0 saturated carbocycles. The van der Waals surface area contributed by atoms with Crippen molar-refractivity contribution in [2.75, 3.05) is 19.5 Å². The van der Waals surface area contributed by atoms with Gasteiger partial charge >= 0.3 is 0 Å². The van der Waals surface area contributed by atoms with Gasteiger partial charge in [-0.15, -0.1) is 11.8 Å².